The second-order valence-corrected chi connectivity index (χ2v) is 2.08. The van der Waals surface area contributed by atoms with Crippen molar-refractivity contribution < 1.29 is 4.74 Å². The van der Waals surface area contributed by atoms with E-state index in [1.807, 2.05) is 14.1 Å². The van der Waals surface area contributed by atoms with Crippen molar-refractivity contribution in [2.24, 2.45) is 0 Å². The van der Waals surface area contributed by atoms with Crippen LogP contribution in [0.2, 0.25) is 0 Å². The van der Waals surface area contributed by atoms with Gasteiger partial charge < -0.3 is 9.64 Å². The molecule has 0 aromatic rings. The smallest absolute Gasteiger partial charge is 0.0999 e. The van der Waals surface area contributed by atoms with Crippen LogP contribution in [-0.4, -0.2) is 32.1 Å². The molecule has 0 aromatic heterocycles. The van der Waals surface area contributed by atoms with Gasteiger partial charge in [-0.1, -0.05) is 0 Å². The third kappa shape index (κ3) is 2.99. The minimum atomic E-state index is 0.403. The second-order valence-electron chi connectivity index (χ2n) is 2.08. The molecule has 2 nitrogen and oxygen atoms in total. The predicted octanol–water partition coefficient (Wildman–Crippen LogP) is 0.745. The molecule has 0 saturated heterocycles. The van der Waals surface area contributed by atoms with E-state index >= 15 is 0 Å². The molecule has 0 bridgehead atoms. The summed E-state index contributed by atoms with van der Waals surface area (Å²) in [7, 11) is 5.69. The van der Waals surface area contributed by atoms with Crippen molar-refractivity contribution in [1.29, 1.82) is 0 Å². The Kier molecular flexibility index (Phi) is 3.83. The Morgan fingerprint density at radius 2 is 2.00 bits per heavy atom. The van der Waals surface area contributed by atoms with Gasteiger partial charge in [0.1, 0.15) is 0 Å². The van der Waals surface area contributed by atoms with Crippen molar-refractivity contribution in [2.45, 2.75) is 13.0 Å². The number of ether oxygens (including phenoxy) is 1. The summed E-state index contributed by atoms with van der Waals surface area (Å²) in [6, 6.07) is 0.403. The van der Waals surface area contributed by atoms with E-state index in [-0.39, 0.29) is 0 Å². The van der Waals surface area contributed by atoms with E-state index in [9.17, 15) is 0 Å². The maximum absolute atomic E-state index is 4.80. The van der Waals surface area contributed by atoms with Crippen molar-refractivity contribution in [3.63, 3.8) is 0 Å². The van der Waals surface area contributed by atoms with Gasteiger partial charge in [0.2, 0.25) is 0 Å². The summed E-state index contributed by atoms with van der Waals surface area (Å²) in [5, 5.41) is 0. The molecule has 1 atom stereocenters. The van der Waals surface area contributed by atoms with E-state index in [1.165, 1.54) is 0 Å². The summed E-state index contributed by atoms with van der Waals surface area (Å²) in [4.78, 5) is 2.07. The fraction of sp³-hybridized carbons (Fsp3) is 0.833. The highest BCUT2D eigenvalue weighted by Crippen LogP contribution is 1.94. The lowest BCUT2D eigenvalue weighted by molar-refractivity contribution is 0.194. The average molecular weight is 116 g/mol. The van der Waals surface area contributed by atoms with E-state index in [4.69, 9.17) is 4.74 Å². The first-order valence-electron chi connectivity index (χ1n) is 2.71. The van der Waals surface area contributed by atoms with Gasteiger partial charge in [0.05, 0.1) is 6.61 Å². The molecule has 0 aromatic carbocycles. The van der Waals surface area contributed by atoms with Crippen LogP contribution in [0.25, 0.3) is 0 Å². The molecule has 0 aliphatic carbocycles. The van der Waals surface area contributed by atoms with Crippen LogP contribution in [0.15, 0.2) is 0 Å². The summed E-state index contributed by atoms with van der Waals surface area (Å²) < 4.78 is 4.80. The third-order valence-corrected chi connectivity index (χ3v) is 1.15. The highest BCUT2D eigenvalue weighted by atomic mass is 16.5. The van der Waals surface area contributed by atoms with Gasteiger partial charge in [0.25, 0.3) is 0 Å². The lowest BCUT2D eigenvalue weighted by Gasteiger charge is -2.17. The van der Waals surface area contributed by atoms with E-state index in [2.05, 4.69) is 11.8 Å². The van der Waals surface area contributed by atoms with E-state index < -0.39 is 0 Å². The number of methoxy groups -OCH3 is 1. The first-order chi connectivity index (χ1) is 3.68. The minimum absolute atomic E-state index is 0.403. The van der Waals surface area contributed by atoms with Gasteiger partial charge >= 0.3 is 0 Å². The molecule has 0 saturated carbocycles. The molecule has 0 aliphatic rings. The lowest BCUT2D eigenvalue weighted by Crippen LogP contribution is -2.25. The van der Waals surface area contributed by atoms with Gasteiger partial charge in [-0.2, -0.15) is 0 Å². The number of likely N-dealkylation sites (N-methyl/N-ethyl adjacent to an activating group) is 1. The molecule has 0 N–H and O–H groups in total. The van der Waals surface area contributed by atoms with Crippen LogP contribution < -0.4 is 0 Å². The van der Waals surface area contributed by atoms with Gasteiger partial charge in [-0.15, -0.1) is 0 Å². The highest BCUT2D eigenvalue weighted by Gasteiger charge is 2.01. The quantitative estimate of drug-likeness (QED) is 0.539. The third-order valence-electron chi connectivity index (χ3n) is 1.15. The molecule has 8 heavy (non-hydrogen) atoms. The van der Waals surface area contributed by atoms with Crippen LogP contribution in [0.4, 0.5) is 0 Å². The standard InChI is InChI=1S/C6H14NO/c1-6(5-8-4)7(2)3/h5-6H,1-4H3. The van der Waals surface area contributed by atoms with Gasteiger partial charge in [-0.05, 0) is 21.0 Å². The highest BCUT2D eigenvalue weighted by molar-refractivity contribution is 4.67. The molecular weight excluding hydrogens is 102 g/mol. The first kappa shape index (κ1) is 7.92. The number of rotatable bonds is 3. The Hall–Kier alpha value is -0.0800. The molecule has 2 heteroatoms. The Balaban J connectivity index is 3.17. The Bertz CT molecular complexity index is 54.5. The molecule has 1 radical (unpaired) electrons. The normalized spacial score (nSPS) is 14.6. The van der Waals surface area contributed by atoms with E-state index in [0.29, 0.717) is 6.04 Å². The topological polar surface area (TPSA) is 12.5 Å². The van der Waals surface area contributed by atoms with Crippen LogP contribution in [0.1, 0.15) is 6.92 Å². The zero-order valence-corrected chi connectivity index (χ0v) is 6.01. The molecule has 1 unspecified atom stereocenters. The maximum atomic E-state index is 4.80. The van der Waals surface area contributed by atoms with E-state index in [1.54, 1.807) is 13.7 Å². The molecule has 0 heterocycles. The summed E-state index contributed by atoms with van der Waals surface area (Å²) in [6.07, 6.45) is 0. The lowest BCUT2D eigenvalue weighted by atomic mass is 10.3. The summed E-state index contributed by atoms with van der Waals surface area (Å²) in [5.41, 5.74) is 0. The second kappa shape index (κ2) is 3.87. The fourth-order valence-corrected chi connectivity index (χ4v) is 0.319. The molecule has 0 rings (SSSR count). The van der Waals surface area contributed by atoms with E-state index in [0.717, 1.165) is 0 Å². The summed E-state index contributed by atoms with van der Waals surface area (Å²) >= 11 is 0. The zero-order chi connectivity index (χ0) is 6.57. The van der Waals surface area contributed by atoms with Crippen LogP contribution >= 0.6 is 0 Å². The van der Waals surface area contributed by atoms with Crippen molar-refractivity contribution >= 4 is 0 Å². The van der Waals surface area contributed by atoms with Crippen molar-refractivity contribution in [3.8, 4) is 0 Å². The van der Waals surface area contributed by atoms with Gasteiger partial charge in [-0.25, -0.2) is 0 Å². The van der Waals surface area contributed by atoms with Gasteiger partial charge in [0.15, 0.2) is 0 Å². The molecule has 0 aliphatic heterocycles. The van der Waals surface area contributed by atoms with Gasteiger partial charge in [0, 0.05) is 13.2 Å². The summed E-state index contributed by atoms with van der Waals surface area (Å²) in [6.45, 7) is 3.86. The maximum Gasteiger partial charge on any atom is 0.0999 e. The molecule has 0 spiro atoms. The van der Waals surface area contributed by atoms with Gasteiger partial charge in [-0.3, -0.25) is 0 Å². The molecule has 0 amide bonds. The number of hydrogen-bond acceptors (Lipinski definition) is 2. The Morgan fingerprint density at radius 1 is 1.50 bits per heavy atom. The monoisotopic (exact) mass is 116 g/mol. The largest absolute Gasteiger partial charge is 0.377 e. The van der Waals surface area contributed by atoms with Crippen LogP contribution in [0.3, 0.4) is 0 Å². The van der Waals surface area contributed by atoms with Crippen LogP contribution in [0, 0.1) is 6.61 Å². The average Bonchev–Trinajstić information content (AvgIpc) is 1.67. The SMILES string of the molecule is CO[CH]C(C)N(C)C. The summed E-state index contributed by atoms with van der Waals surface area (Å²) in [5.74, 6) is 0. The molecule has 0 fully saturated rings. The molecular formula is C6H14NO. The number of nitrogens with zero attached hydrogens (tertiary/aromatic N) is 1. The predicted molar refractivity (Wildman–Crippen MR) is 34.5 cm³/mol. The van der Waals surface area contributed by atoms with Crippen molar-refractivity contribution in [1.82, 2.24) is 4.90 Å². The van der Waals surface area contributed by atoms with Crippen LogP contribution in [0.5, 0.6) is 0 Å². The zero-order valence-electron chi connectivity index (χ0n) is 6.01. The first-order valence-corrected chi connectivity index (χ1v) is 2.71. The minimum Gasteiger partial charge on any atom is -0.377 e. The number of hydrogen-bond donors (Lipinski definition) is 0. The van der Waals surface area contributed by atoms with Crippen molar-refractivity contribution in [2.75, 3.05) is 21.2 Å². The molecule has 49 valence electrons. The Labute approximate surface area is 51.4 Å². The van der Waals surface area contributed by atoms with Crippen molar-refractivity contribution in [3.05, 3.63) is 6.61 Å². The fourth-order valence-electron chi connectivity index (χ4n) is 0.319. The van der Waals surface area contributed by atoms with Crippen LogP contribution in [-0.2, 0) is 4.74 Å². The Morgan fingerprint density at radius 3 is 2.12 bits per heavy atom.